The van der Waals surface area contributed by atoms with E-state index >= 15 is 0 Å². The van der Waals surface area contributed by atoms with Crippen LogP contribution in [0.3, 0.4) is 0 Å². The summed E-state index contributed by atoms with van der Waals surface area (Å²) in [6, 6.07) is 1.79. The highest BCUT2D eigenvalue weighted by molar-refractivity contribution is 5.78. The molecule has 1 aromatic rings. The quantitative estimate of drug-likeness (QED) is 0.534. The lowest BCUT2D eigenvalue weighted by Crippen LogP contribution is -2.47. The van der Waals surface area contributed by atoms with Crippen molar-refractivity contribution in [2.75, 3.05) is 0 Å². The van der Waals surface area contributed by atoms with Crippen LogP contribution in [-0.2, 0) is 9.59 Å². The molecule has 1 aromatic carbocycles. The molecule has 112 valence electrons. The summed E-state index contributed by atoms with van der Waals surface area (Å²) in [5, 5.41) is 39.7. The summed E-state index contributed by atoms with van der Waals surface area (Å²) in [7, 11) is 0. The summed E-state index contributed by atoms with van der Waals surface area (Å²) in [4.78, 5) is 41.5. The molecule has 0 saturated carbocycles. The molecule has 0 fully saturated rings. The van der Waals surface area contributed by atoms with Crippen molar-refractivity contribution >= 4 is 11.9 Å². The van der Waals surface area contributed by atoms with E-state index in [1.807, 2.05) is 0 Å². The van der Waals surface area contributed by atoms with Gasteiger partial charge in [0.15, 0.2) is 0 Å². The van der Waals surface area contributed by atoms with E-state index in [0.717, 1.165) is 0 Å². The molecule has 2 unspecified atom stereocenters. The largest absolute Gasteiger partial charge is 0.476 e. The molecular weight excluding hydrogens is 288 g/mol. The van der Waals surface area contributed by atoms with Crippen molar-refractivity contribution < 1.29 is 29.6 Å². The Morgan fingerprint density at radius 2 is 1.29 bits per heavy atom. The van der Waals surface area contributed by atoms with Crippen LogP contribution in [0.4, 0.5) is 0 Å². The first-order valence-corrected chi connectivity index (χ1v) is 5.55. The zero-order chi connectivity index (χ0) is 16.2. The molecule has 0 aromatic heterocycles. The summed E-state index contributed by atoms with van der Waals surface area (Å²) in [5.41, 5.74) is -0.106. The molecule has 10 nitrogen and oxygen atoms in total. The lowest BCUT2D eigenvalue weighted by atomic mass is 9.85. The third-order valence-corrected chi connectivity index (χ3v) is 2.83. The zero-order valence-electron chi connectivity index (χ0n) is 10.4. The van der Waals surface area contributed by atoms with Gasteiger partial charge in [0, 0.05) is 9.85 Å². The Morgan fingerprint density at radius 1 is 0.905 bits per heavy atom. The topological polar surface area (TPSA) is 161 Å². The van der Waals surface area contributed by atoms with Gasteiger partial charge < -0.3 is 10.2 Å². The Bertz CT molecular complexity index is 513. The van der Waals surface area contributed by atoms with Gasteiger partial charge in [0.25, 0.3) is 0 Å². The van der Waals surface area contributed by atoms with Crippen LogP contribution in [0.5, 0.6) is 0 Å². The minimum atomic E-state index is -2.45. The molecule has 0 aliphatic carbocycles. The van der Waals surface area contributed by atoms with E-state index < -0.39 is 39.8 Å². The van der Waals surface area contributed by atoms with E-state index in [-0.39, 0.29) is 5.56 Å². The summed E-state index contributed by atoms with van der Waals surface area (Å²) in [6.07, 6.45) is 0. The third kappa shape index (κ3) is 3.49. The van der Waals surface area contributed by atoms with Crippen molar-refractivity contribution in [1.82, 2.24) is 0 Å². The van der Waals surface area contributed by atoms with Gasteiger partial charge in [0.1, 0.15) is 5.92 Å². The van der Waals surface area contributed by atoms with Gasteiger partial charge in [-0.3, -0.25) is 20.2 Å². The van der Waals surface area contributed by atoms with Crippen molar-refractivity contribution in [1.29, 1.82) is 0 Å². The maximum absolute atomic E-state index is 11.0. The molecule has 0 saturated heterocycles. The number of aliphatic carboxylic acids is 2. The first-order valence-electron chi connectivity index (χ1n) is 5.55. The molecule has 0 aliphatic rings. The van der Waals surface area contributed by atoms with E-state index in [4.69, 9.17) is 10.2 Å². The number of hydrogen-bond donors (Lipinski definition) is 2. The summed E-state index contributed by atoms with van der Waals surface area (Å²) < 4.78 is 0. The minimum Gasteiger partial charge on any atom is -0.476 e. The van der Waals surface area contributed by atoms with Gasteiger partial charge >= 0.3 is 24.0 Å². The summed E-state index contributed by atoms with van der Waals surface area (Å²) >= 11 is 0. The number of carbonyl (C=O) groups is 2. The molecule has 0 bridgehead atoms. The fraction of sp³-hybridized carbons (Fsp3) is 0.273. The van der Waals surface area contributed by atoms with Crippen molar-refractivity contribution in [3.63, 3.8) is 0 Å². The second-order valence-electron chi connectivity index (χ2n) is 4.07. The van der Waals surface area contributed by atoms with E-state index in [2.05, 4.69) is 0 Å². The van der Waals surface area contributed by atoms with Gasteiger partial charge in [-0.1, -0.05) is 30.3 Å². The molecular formula is C11H10N2O8. The highest BCUT2D eigenvalue weighted by atomic mass is 16.6. The second kappa shape index (κ2) is 6.41. The average molecular weight is 298 g/mol. The standard InChI is InChI=1S/C11H10N2O8/c14-10(15)8(12(18)19)7(6-4-2-1-3-5-6)9(11(16)17)13(20)21/h1-5,7-9H,(H,14,15)(H,16,17). The number of nitrogens with zero attached hydrogens (tertiary/aromatic N) is 2. The normalized spacial score (nSPS) is 14.7. The molecule has 0 radical (unpaired) electrons. The number of benzene rings is 1. The molecule has 1 rings (SSSR count). The highest BCUT2D eigenvalue weighted by Crippen LogP contribution is 2.28. The monoisotopic (exact) mass is 298 g/mol. The molecule has 0 spiro atoms. The molecule has 2 N–H and O–H groups in total. The lowest BCUT2D eigenvalue weighted by molar-refractivity contribution is -0.551. The Labute approximate surface area is 116 Å². The van der Waals surface area contributed by atoms with Crippen LogP contribution in [0.1, 0.15) is 11.5 Å². The summed E-state index contributed by atoms with van der Waals surface area (Å²) in [5.74, 6) is -5.82. The van der Waals surface area contributed by atoms with Gasteiger partial charge in [-0.25, -0.2) is 9.59 Å². The SMILES string of the molecule is O=C(O)C(C(c1ccccc1)C(C(=O)O)[N+](=O)[O-])[N+](=O)[O-]. The van der Waals surface area contributed by atoms with Gasteiger partial charge in [-0.05, 0) is 5.56 Å². The highest BCUT2D eigenvalue weighted by Gasteiger charge is 2.53. The lowest BCUT2D eigenvalue weighted by Gasteiger charge is -2.19. The number of rotatable bonds is 7. The van der Waals surface area contributed by atoms with Crippen LogP contribution >= 0.6 is 0 Å². The number of nitro groups is 2. The Kier molecular flexibility index (Phi) is 4.89. The van der Waals surface area contributed by atoms with Crippen molar-refractivity contribution in [3.05, 3.63) is 56.1 Å². The van der Waals surface area contributed by atoms with Gasteiger partial charge in [0.05, 0.1) is 0 Å². The van der Waals surface area contributed by atoms with Crippen molar-refractivity contribution in [2.45, 2.75) is 18.0 Å². The Hall–Kier alpha value is -3.04. The van der Waals surface area contributed by atoms with Gasteiger partial charge in [-0.2, -0.15) is 0 Å². The second-order valence-corrected chi connectivity index (χ2v) is 4.07. The Balaban J connectivity index is 3.48. The molecule has 10 heteroatoms. The molecule has 0 amide bonds. The fourth-order valence-electron chi connectivity index (χ4n) is 1.96. The first kappa shape index (κ1) is 16.0. The van der Waals surface area contributed by atoms with Crippen LogP contribution in [0, 0.1) is 20.2 Å². The predicted molar refractivity (Wildman–Crippen MR) is 66.0 cm³/mol. The maximum Gasteiger partial charge on any atom is 0.380 e. The Morgan fingerprint density at radius 3 is 1.57 bits per heavy atom. The average Bonchev–Trinajstić information content (AvgIpc) is 2.37. The van der Waals surface area contributed by atoms with Crippen LogP contribution in [0.25, 0.3) is 0 Å². The molecule has 0 heterocycles. The number of carboxylic acid groups (broad SMARTS) is 2. The van der Waals surface area contributed by atoms with Crippen molar-refractivity contribution in [2.24, 2.45) is 0 Å². The summed E-state index contributed by atoms with van der Waals surface area (Å²) in [6.45, 7) is 0. The molecule has 2 atom stereocenters. The van der Waals surface area contributed by atoms with Crippen LogP contribution in [0.2, 0.25) is 0 Å². The van der Waals surface area contributed by atoms with Crippen LogP contribution in [0.15, 0.2) is 30.3 Å². The van der Waals surface area contributed by atoms with E-state index in [1.165, 1.54) is 30.3 Å². The number of carboxylic acids is 2. The maximum atomic E-state index is 11.0. The molecule has 0 aliphatic heterocycles. The fourth-order valence-corrected chi connectivity index (χ4v) is 1.96. The zero-order valence-corrected chi connectivity index (χ0v) is 10.4. The van der Waals surface area contributed by atoms with E-state index in [1.54, 1.807) is 0 Å². The van der Waals surface area contributed by atoms with Gasteiger partial charge in [0.2, 0.25) is 0 Å². The van der Waals surface area contributed by atoms with Crippen molar-refractivity contribution in [3.8, 4) is 0 Å². The van der Waals surface area contributed by atoms with Crippen LogP contribution in [-0.4, -0.2) is 44.1 Å². The minimum absolute atomic E-state index is 0.106. The molecule has 21 heavy (non-hydrogen) atoms. The van der Waals surface area contributed by atoms with E-state index in [0.29, 0.717) is 0 Å². The smallest absolute Gasteiger partial charge is 0.380 e. The third-order valence-electron chi connectivity index (χ3n) is 2.83. The van der Waals surface area contributed by atoms with E-state index in [9.17, 15) is 29.8 Å². The first-order chi connectivity index (χ1) is 9.77. The van der Waals surface area contributed by atoms with Crippen LogP contribution < -0.4 is 0 Å². The van der Waals surface area contributed by atoms with Gasteiger partial charge in [-0.15, -0.1) is 0 Å². The predicted octanol–water partition coefficient (Wildman–Crippen LogP) is 0.230. The number of hydrogen-bond acceptors (Lipinski definition) is 6.